The zero-order chi connectivity index (χ0) is 60.3. The molecule has 2 aliphatic rings. The van der Waals surface area contributed by atoms with Crippen molar-refractivity contribution in [2.24, 2.45) is 5.92 Å². The van der Waals surface area contributed by atoms with Crippen LogP contribution in [-0.2, 0) is 18.3 Å². The second kappa shape index (κ2) is 38.6. The van der Waals surface area contributed by atoms with Gasteiger partial charge in [0.1, 0.15) is 0 Å². The molecule has 0 bridgehead atoms. The van der Waals surface area contributed by atoms with Gasteiger partial charge in [-0.25, -0.2) is 0 Å². The molecule has 2 unspecified atom stereocenters. The van der Waals surface area contributed by atoms with E-state index in [1.807, 2.05) is 80.5 Å². The zero-order valence-corrected chi connectivity index (χ0v) is 53.9. The molecule has 2 aliphatic carbocycles. The highest BCUT2D eigenvalue weighted by molar-refractivity contribution is 5.94. The van der Waals surface area contributed by atoms with E-state index in [1.54, 1.807) is 0 Å². The molecule has 2 atom stereocenters. The minimum Gasteiger partial charge on any atom is -0.0985 e. The van der Waals surface area contributed by atoms with Gasteiger partial charge in [0.05, 0.1) is 0 Å². The molecule has 81 heavy (non-hydrogen) atoms. The lowest BCUT2D eigenvalue weighted by molar-refractivity contribution is 0.652. The lowest BCUT2D eigenvalue weighted by Crippen LogP contribution is -2.17. The van der Waals surface area contributed by atoms with Crippen LogP contribution >= 0.6 is 0 Å². The Hall–Kier alpha value is -7.02. The maximum absolute atomic E-state index is 4.01. The van der Waals surface area contributed by atoms with Crippen LogP contribution in [0.4, 0.5) is 0 Å². The van der Waals surface area contributed by atoms with Crippen LogP contribution in [0.5, 0.6) is 0 Å². The number of hydrogen-bond donors (Lipinski definition) is 0. The molecule has 0 nitrogen and oxygen atoms in total. The SMILES string of the molecule is C/C=C\C.C=C(C)/C=C\C=C(\C)C(C)c1cc(-c2ccc(CC)c3c2-c2ccc(-c4ccc(CC/C=C\C(=C/CC)c5ccccc5)cc4)cc2C3(C)C)ccc1C.C=CC(=C\C)/C(/C=C\CC)=C/C.CC.CC.CC1C=CC=CC1. The van der Waals surface area contributed by atoms with Crippen molar-refractivity contribution in [2.45, 2.75) is 174 Å². The van der Waals surface area contributed by atoms with Crippen molar-refractivity contribution in [2.75, 3.05) is 0 Å². The van der Waals surface area contributed by atoms with Gasteiger partial charge < -0.3 is 0 Å². The summed E-state index contributed by atoms with van der Waals surface area (Å²) in [7, 11) is 0. The molecule has 0 spiro atoms. The zero-order valence-electron chi connectivity index (χ0n) is 53.9. The Morgan fingerprint density at radius 2 is 1.35 bits per heavy atom. The number of aryl methyl sites for hydroxylation is 3. The minimum atomic E-state index is -0.102. The first-order valence-corrected chi connectivity index (χ1v) is 30.6. The highest BCUT2D eigenvalue weighted by atomic mass is 14.4. The predicted octanol–water partition coefficient (Wildman–Crippen LogP) is 25.2. The summed E-state index contributed by atoms with van der Waals surface area (Å²) in [4.78, 5) is 0. The second-order valence-corrected chi connectivity index (χ2v) is 20.9. The van der Waals surface area contributed by atoms with Gasteiger partial charge in [-0.1, -0.05) is 301 Å². The molecular formula is C81H106. The van der Waals surface area contributed by atoms with E-state index in [4.69, 9.17) is 0 Å². The molecule has 7 rings (SSSR count). The molecule has 0 amide bonds. The number of rotatable bonds is 17. The van der Waals surface area contributed by atoms with Crippen molar-refractivity contribution < 1.29 is 0 Å². The smallest absolute Gasteiger partial charge is 0.0162 e. The van der Waals surface area contributed by atoms with Gasteiger partial charge in [-0.3, -0.25) is 0 Å². The molecule has 0 aromatic heterocycles. The maximum atomic E-state index is 4.01. The van der Waals surface area contributed by atoms with Gasteiger partial charge in [0.2, 0.25) is 0 Å². The van der Waals surface area contributed by atoms with E-state index in [0.29, 0.717) is 5.92 Å². The highest BCUT2D eigenvalue weighted by Crippen LogP contribution is 2.54. The van der Waals surface area contributed by atoms with Crippen LogP contribution in [0.25, 0.3) is 39.0 Å². The molecule has 0 aliphatic heterocycles. The summed E-state index contributed by atoms with van der Waals surface area (Å²) in [5, 5.41) is 0. The Bertz CT molecular complexity index is 3000. The molecule has 0 saturated carbocycles. The van der Waals surface area contributed by atoms with Gasteiger partial charge in [-0.2, -0.15) is 0 Å². The highest BCUT2D eigenvalue weighted by Gasteiger charge is 2.39. The summed E-state index contributed by atoms with van der Waals surface area (Å²) in [6.45, 7) is 46.4. The van der Waals surface area contributed by atoms with Gasteiger partial charge in [-0.05, 0) is 188 Å². The molecule has 0 heterocycles. The Kier molecular flexibility index (Phi) is 33.4. The normalized spacial score (nSPS) is 14.8. The van der Waals surface area contributed by atoms with E-state index in [1.165, 1.54) is 101 Å². The molecule has 0 fully saturated rings. The molecule has 0 N–H and O–H groups in total. The van der Waals surface area contributed by atoms with E-state index in [-0.39, 0.29) is 5.41 Å². The van der Waals surface area contributed by atoms with Crippen LogP contribution in [0.1, 0.15) is 188 Å². The van der Waals surface area contributed by atoms with Gasteiger partial charge in [0, 0.05) is 11.3 Å². The first kappa shape index (κ1) is 70.1. The third-order valence-corrected chi connectivity index (χ3v) is 14.7. The molecule has 5 aromatic carbocycles. The topological polar surface area (TPSA) is 0 Å². The third kappa shape index (κ3) is 21.4. The number of allylic oxidation sites excluding steroid dienone is 22. The Labute approximate surface area is 497 Å². The van der Waals surface area contributed by atoms with E-state index < -0.39 is 0 Å². The molecule has 0 radical (unpaired) electrons. The monoisotopic (exact) mass is 1080 g/mol. The lowest BCUT2D eigenvalue weighted by atomic mass is 9.78. The summed E-state index contributed by atoms with van der Waals surface area (Å²) >= 11 is 0. The fourth-order valence-corrected chi connectivity index (χ4v) is 9.96. The molecule has 0 saturated heterocycles. The van der Waals surface area contributed by atoms with Crippen LogP contribution in [-0.4, -0.2) is 0 Å². The predicted molar refractivity (Wildman–Crippen MR) is 370 cm³/mol. The van der Waals surface area contributed by atoms with Crippen molar-refractivity contribution in [3.63, 3.8) is 0 Å². The summed E-state index contributed by atoms with van der Waals surface area (Å²) in [6.07, 6.45) is 42.7. The van der Waals surface area contributed by atoms with Crippen molar-refractivity contribution in [1.82, 2.24) is 0 Å². The maximum Gasteiger partial charge on any atom is 0.0162 e. The third-order valence-electron chi connectivity index (χ3n) is 14.7. The van der Waals surface area contributed by atoms with Crippen LogP contribution in [0.15, 0.2) is 242 Å². The lowest BCUT2D eigenvalue weighted by Gasteiger charge is -2.25. The Morgan fingerprint density at radius 3 is 1.89 bits per heavy atom. The molecule has 5 aromatic rings. The van der Waals surface area contributed by atoms with E-state index in [9.17, 15) is 0 Å². The van der Waals surface area contributed by atoms with Crippen LogP contribution in [0.2, 0.25) is 0 Å². The van der Waals surface area contributed by atoms with Crippen molar-refractivity contribution in [3.05, 3.63) is 281 Å². The first-order chi connectivity index (χ1) is 39.1. The van der Waals surface area contributed by atoms with E-state index >= 15 is 0 Å². The molecular weight excluding hydrogens is 973 g/mol. The van der Waals surface area contributed by atoms with Gasteiger partial charge in [0.25, 0.3) is 0 Å². The summed E-state index contributed by atoms with van der Waals surface area (Å²) < 4.78 is 0. The summed E-state index contributed by atoms with van der Waals surface area (Å²) in [5.74, 6) is 1.08. The molecule has 430 valence electrons. The van der Waals surface area contributed by atoms with E-state index in [2.05, 4.69) is 264 Å². The number of benzene rings is 5. The van der Waals surface area contributed by atoms with Gasteiger partial charge in [-0.15, -0.1) is 0 Å². The minimum absolute atomic E-state index is 0.102. The van der Waals surface area contributed by atoms with Crippen molar-refractivity contribution in [3.8, 4) is 33.4 Å². The summed E-state index contributed by atoms with van der Waals surface area (Å²) in [5.41, 5.74) is 23.7. The quantitative estimate of drug-likeness (QED) is 0.0643. The van der Waals surface area contributed by atoms with Crippen molar-refractivity contribution >= 4 is 5.57 Å². The van der Waals surface area contributed by atoms with Gasteiger partial charge >= 0.3 is 0 Å². The summed E-state index contributed by atoms with van der Waals surface area (Å²) in [6, 6.07) is 39.0. The average molecular weight is 1080 g/mol. The standard InChI is InChI=1S/C54H58.C12H18.C7H10.C4H8.2C2H6/c1-10-18-43(44-22-13-12-14-23-44)24-16-15-21-41-26-29-45(30-27-41)46-32-34-49-51(36-46)54(8,9)53-42(11-2)31-33-48(52(49)53)47-28-25-39(6)50(35-47)40(7)38(5)20-17-19-37(3)4;1-5-9-10-12(8-4)11(6-2)7-3;1-7-5-3-2-4-6-7;1-3-4-2;2*1-2/h12-14,16-20,22-36,40H,3,10-11,15,21H2,1-2,4-9H3;6-10H,2,5H2,1,3-4H3;2-5,7H,6H2,1H3;3-4H,1-2H3;2*1-2H3/b19-17-,24-16-,38-20-,43-18+;10-9-,11-7+,12-8+;;4-3-;;. The average Bonchev–Trinajstić information content (AvgIpc) is 3.64. The fraction of sp³-hybridized carbons (Fsp3) is 0.333. The number of hydrogen-bond acceptors (Lipinski definition) is 0. The van der Waals surface area contributed by atoms with Crippen molar-refractivity contribution in [1.29, 1.82) is 0 Å². The fourth-order valence-electron chi connectivity index (χ4n) is 9.96. The molecule has 0 heteroatoms. The van der Waals surface area contributed by atoms with Crippen LogP contribution in [0, 0.1) is 12.8 Å². The number of fused-ring (bicyclic) bond motifs is 3. The van der Waals surface area contributed by atoms with Crippen LogP contribution in [0.3, 0.4) is 0 Å². The Morgan fingerprint density at radius 1 is 0.704 bits per heavy atom. The van der Waals surface area contributed by atoms with Crippen LogP contribution < -0.4 is 0 Å². The van der Waals surface area contributed by atoms with Gasteiger partial charge in [0.15, 0.2) is 0 Å². The first-order valence-electron chi connectivity index (χ1n) is 30.6. The largest absolute Gasteiger partial charge is 0.0985 e. The Balaban J connectivity index is 0.000000684. The van der Waals surface area contributed by atoms with E-state index in [0.717, 1.165) is 43.6 Å². The second-order valence-electron chi connectivity index (χ2n) is 20.9.